The fourth-order valence-corrected chi connectivity index (χ4v) is 2.67. The molecule has 0 aliphatic rings. The maximum atomic E-state index is 11.9. The van der Waals surface area contributed by atoms with Crippen LogP contribution in [0.15, 0.2) is 59.5 Å². The highest BCUT2D eigenvalue weighted by atomic mass is 32.2. The molecule has 0 saturated carbocycles. The molecule has 3 N–H and O–H groups in total. The largest absolute Gasteiger partial charge is 0.423 e. The van der Waals surface area contributed by atoms with E-state index in [2.05, 4.69) is 0 Å². The first-order valence-corrected chi connectivity index (χ1v) is 8.02. The Hall–Kier alpha value is -2.71. The number of nitrogens with two attached hydrogens (primary N) is 1. The van der Waals surface area contributed by atoms with Crippen LogP contribution in [-0.2, 0) is 14.8 Å². The molecule has 2 aromatic rings. The van der Waals surface area contributed by atoms with Crippen molar-refractivity contribution in [2.75, 3.05) is 6.54 Å². The van der Waals surface area contributed by atoms with Crippen LogP contribution in [0, 0.1) is 0 Å². The van der Waals surface area contributed by atoms with E-state index >= 15 is 0 Å². The summed E-state index contributed by atoms with van der Waals surface area (Å²) in [7, 11) is -3.86. The number of carbonyl (C=O) groups excluding carboxylic acids is 2. The summed E-state index contributed by atoms with van der Waals surface area (Å²) in [5.74, 6) is -1.01. The normalized spacial score (nSPS) is 11.0. The second-order valence-corrected chi connectivity index (χ2v) is 6.28. The number of esters is 1. The molecule has 23 heavy (non-hydrogen) atoms. The molecular weight excluding hydrogens is 320 g/mol. The number of hydrogen-bond donors (Lipinski definition) is 2. The summed E-state index contributed by atoms with van der Waals surface area (Å²) in [4.78, 5) is 22.5. The summed E-state index contributed by atoms with van der Waals surface area (Å²) in [6.45, 7) is -0.500. The van der Waals surface area contributed by atoms with Gasteiger partial charge in [-0.25, -0.2) is 17.9 Å². The number of sulfonamides is 1. The van der Waals surface area contributed by atoms with Crippen molar-refractivity contribution in [1.29, 1.82) is 0 Å². The molecule has 0 atom stereocenters. The van der Waals surface area contributed by atoms with Gasteiger partial charge in [-0.1, -0.05) is 18.2 Å². The summed E-state index contributed by atoms with van der Waals surface area (Å²) in [5, 5.41) is 0. The lowest BCUT2D eigenvalue weighted by Gasteiger charge is -2.07. The van der Waals surface area contributed by atoms with Crippen LogP contribution in [0.5, 0.6) is 5.75 Å². The van der Waals surface area contributed by atoms with Crippen LogP contribution in [0.2, 0.25) is 0 Å². The SMILES string of the molecule is NC(=O)CNS(=O)(=O)c1ccc(C(=O)Oc2ccccc2)cc1. The van der Waals surface area contributed by atoms with Gasteiger partial charge < -0.3 is 10.5 Å². The quantitative estimate of drug-likeness (QED) is 0.595. The maximum absolute atomic E-state index is 11.9. The summed E-state index contributed by atoms with van der Waals surface area (Å²) in [6.07, 6.45) is 0. The van der Waals surface area contributed by atoms with Gasteiger partial charge in [-0.2, -0.15) is 0 Å². The van der Waals surface area contributed by atoms with E-state index in [0.717, 1.165) is 0 Å². The van der Waals surface area contributed by atoms with Crippen molar-refractivity contribution < 1.29 is 22.7 Å². The molecule has 0 aliphatic heterocycles. The highest BCUT2D eigenvalue weighted by molar-refractivity contribution is 7.89. The Morgan fingerprint density at radius 1 is 1.00 bits per heavy atom. The fourth-order valence-electron chi connectivity index (χ4n) is 1.67. The van der Waals surface area contributed by atoms with Gasteiger partial charge in [0.15, 0.2) is 0 Å². The van der Waals surface area contributed by atoms with Crippen LogP contribution in [0.3, 0.4) is 0 Å². The zero-order chi connectivity index (χ0) is 16.9. The number of carbonyl (C=O) groups is 2. The predicted octanol–water partition coefficient (Wildman–Crippen LogP) is 0.669. The van der Waals surface area contributed by atoms with Gasteiger partial charge in [0.05, 0.1) is 17.0 Å². The second kappa shape index (κ2) is 7.03. The smallest absolute Gasteiger partial charge is 0.343 e. The lowest BCUT2D eigenvalue weighted by molar-refractivity contribution is -0.116. The van der Waals surface area contributed by atoms with E-state index in [1.54, 1.807) is 30.3 Å². The number of primary amides is 1. The summed E-state index contributed by atoms with van der Waals surface area (Å²) in [5.41, 5.74) is 5.08. The molecule has 0 aliphatic carbocycles. The van der Waals surface area contributed by atoms with Crippen molar-refractivity contribution in [2.24, 2.45) is 5.73 Å². The Labute approximate surface area is 133 Å². The van der Waals surface area contributed by atoms with Gasteiger partial charge in [0.1, 0.15) is 5.75 Å². The van der Waals surface area contributed by atoms with Crippen molar-refractivity contribution in [1.82, 2.24) is 4.72 Å². The number of amides is 1. The van der Waals surface area contributed by atoms with Gasteiger partial charge in [0.25, 0.3) is 0 Å². The minimum Gasteiger partial charge on any atom is -0.423 e. The second-order valence-electron chi connectivity index (χ2n) is 4.52. The van der Waals surface area contributed by atoms with Crippen molar-refractivity contribution in [3.8, 4) is 5.75 Å². The number of rotatable bonds is 6. The monoisotopic (exact) mass is 334 g/mol. The molecule has 120 valence electrons. The van der Waals surface area contributed by atoms with E-state index in [1.807, 2.05) is 4.72 Å². The lowest BCUT2D eigenvalue weighted by atomic mass is 10.2. The Kier molecular flexibility index (Phi) is 5.09. The molecule has 0 saturated heterocycles. The van der Waals surface area contributed by atoms with Crippen LogP contribution < -0.4 is 15.2 Å². The fraction of sp³-hybridized carbons (Fsp3) is 0.0667. The van der Waals surface area contributed by atoms with Crippen molar-refractivity contribution in [2.45, 2.75) is 4.90 Å². The average molecular weight is 334 g/mol. The van der Waals surface area contributed by atoms with E-state index in [9.17, 15) is 18.0 Å². The molecular formula is C15H14N2O5S. The Balaban J connectivity index is 2.10. The predicted molar refractivity (Wildman–Crippen MR) is 82.2 cm³/mol. The zero-order valence-corrected chi connectivity index (χ0v) is 12.7. The Bertz CT molecular complexity index is 802. The Morgan fingerprint density at radius 2 is 1.61 bits per heavy atom. The minimum atomic E-state index is -3.86. The highest BCUT2D eigenvalue weighted by Crippen LogP contribution is 2.14. The van der Waals surface area contributed by atoms with E-state index < -0.39 is 28.4 Å². The molecule has 1 amide bonds. The van der Waals surface area contributed by atoms with Crippen molar-refractivity contribution >= 4 is 21.9 Å². The van der Waals surface area contributed by atoms with Gasteiger partial charge in [0, 0.05) is 0 Å². The van der Waals surface area contributed by atoms with E-state index in [4.69, 9.17) is 10.5 Å². The summed E-state index contributed by atoms with van der Waals surface area (Å²) in [6, 6.07) is 13.6. The topological polar surface area (TPSA) is 116 Å². The minimum absolute atomic E-state index is 0.0880. The third-order valence-electron chi connectivity index (χ3n) is 2.79. The molecule has 7 nitrogen and oxygen atoms in total. The van der Waals surface area contributed by atoms with E-state index in [-0.39, 0.29) is 10.5 Å². The van der Waals surface area contributed by atoms with Crippen molar-refractivity contribution in [3.05, 3.63) is 60.2 Å². The molecule has 2 aromatic carbocycles. The van der Waals surface area contributed by atoms with Crippen LogP contribution >= 0.6 is 0 Å². The molecule has 0 aromatic heterocycles. The molecule has 0 fully saturated rings. The lowest BCUT2D eigenvalue weighted by Crippen LogP contribution is -2.33. The highest BCUT2D eigenvalue weighted by Gasteiger charge is 2.16. The average Bonchev–Trinajstić information content (AvgIpc) is 2.54. The molecule has 8 heteroatoms. The molecule has 0 heterocycles. The molecule has 2 rings (SSSR count). The van der Waals surface area contributed by atoms with Gasteiger partial charge in [-0.05, 0) is 36.4 Å². The zero-order valence-electron chi connectivity index (χ0n) is 11.9. The maximum Gasteiger partial charge on any atom is 0.343 e. The number of benzene rings is 2. The molecule has 0 spiro atoms. The number of ether oxygens (including phenoxy) is 1. The first kappa shape index (κ1) is 16.7. The third-order valence-corrected chi connectivity index (χ3v) is 4.21. The van der Waals surface area contributed by atoms with E-state index in [1.165, 1.54) is 24.3 Å². The van der Waals surface area contributed by atoms with Gasteiger partial charge in [-0.15, -0.1) is 0 Å². The van der Waals surface area contributed by atoms with Gasteiger partial charge in [0.2, 0.25) is 15.9 Å². The summed E-state index contributed by atoms with van der Waals surface area (Å²) >= 11 is 0. The number of hydrogen-bond acceptors (Lipinski definition) is 5. The van der Waals surface area contributed by atoms with Crippen LogP contribution in [0.4, 0.5) is 0 Å². The van der Waals surface area contributed by atoms with Crippen LogP contribution in [0.25, 0.3) is 0 Å². The van der Waals surface area contributed by atoms with Crippen molar-refractivity contribution in [3.63, 3.8) is 0 Å². The first-order valence-electron chi connectivity index (χ1n) is 6.54. The van der Waals surface area contributed by atoms with Crippen LogP contribution in [0.1, 0.15) is 10.4 Å². The van der Waals surface area contributed by atoms with Gasteiger partial charge in [-0.3, -0.25) is 4.79 Å². The van der Waals surface area contributed by atoms with Crippen LogP contribution in [-0.4, -0.2) is 26.8 Å². The van der Waals surface area contributed by atoms with E-state index in [0.29, 0.717) is 5.75 Å². The standard InChI is InChI=1S/C15H14N2O5S/c16-14(18)10-17-23(20,21)13-8-6-11(7-9-13)15(19)22-12-4-2-1-3-5-12/h1-9,17H,10H2,(H2,16,18). The Morgan fingerprint density at radius 3 is 2.17 bits per heavy atom. The molecule has 0 bridgehead atoms. The van der Waals surface area contributed by atoms with Gasteiger partial charge >= 0.3 is 5.97 Å². The number of nitrogens with one attached hydrogen (secondary N) is 1. The molecule has 0 radical (unpaired) electrons. The summed E-state index contributed by atoms with van der Waals surface area (Å²) < 4.78 is 30.9. The third kappa shape index (κ3) is 4.63. The first-order chi connectivity index (χ1) is 10.9. The number of para-hydroxylation sites is 1. The molecule has 0 unspecified atom stereocenters.